The van der Waals surface area contributed by atoms with E-state index in [2.05, 4.69) is 135 Å². The number of nitrogens with zero attached hydrogens (tertiary/aromatic N) is 2. The standard InChI is InChI=1S/C44H48Cl2N2/c1-5-25-47(26-6-2)43-33-21-13-9-17-29(33)37(30-18-10-14-22-34(30)43)39-41(45)40(42(39)46)38-31-19-11-15-23-35(31)44(48(27-7-3)28-8-4)36-24-16-12-20-32(36)38/h9-24,39-42H,5-8,25-28H2,1-4H3. The van der Waals surface area contributed by atoms with Crippen LogP contribution < -0.4 is 9.80 Å². The van der Waals surface area contributed by atoms with Gasteiger partial charge in [-0.25, -0.2) is 0 Å². The quantitative estimate of drug-likeness (QED) is 0.0941. The molecular formula is C44H48Cl2N2. The highest BCUT2D eigenvalue weighted by molar-refractivity contribution is 6.31. The van der Waals surface area contributed by atoms with Crippen LogP contribution >= 0.6 is 23.2 Å². The number of alkyl halides is 2. The van der Waals surface area contributed by atoms with Crippen molar-refractivity contribution in [2.45, 2.75) is 76.0 Å². The summed E-state index contributed by atoms with van der Waals surface area (Å²) in [6.07, 6.45) is 4.43. The minimum Gasteiger partial charge on any atom is -0.371 e. The van der Waals surface area contributed by atoms with E-state index in [1.807, 2.05) is 0 Å². The lowest BCUT2D eigenvalue weighted by Gasteiger charge is -2.48. The minimum absolute atomic E-state index is 0.0156. The van der Waals surface area contributed by atoms with E-state index in [-0.39, 0.29) is 22.6 Å². The Hall–Kier alpha value is -3.46. The summed E-state index contributed by atoms with van der Waals surface area (Å²) in [7, 11) is 0. The molecule has 7 rings (SSSR count). The lowest BCUT2D eigenvalue weighted by Crippen LogP contribution is -2.46. The first-order valence-corrected chi connectivity index (χ1v) is 19.1. The second kappa shape index (κ2) is 14.2. The average Bonchev–Trinajstić information content (AvgIpc) is 3.11. The summed E-state index contributed by atoms with van der Waals surface area (Å²) < 4.78 is 0. The molecule has 1 saturated carbocycles. The van der Waals surface area contributed by atoms with Crippen LogP contribution in [0.25, 0.3) is 43.1 Å². The first kappa shape index (κ1) is 33.1. The van der Waals surface area contributed by atoms with E-state index in [0.29, 0.717) is 0 Å². The Morgan fingerprint density at radius 1 is 0.396 bits per heavy atom. The number of benzene rings is 6. The van der Waals surface area contributed by atoms with E-state index in [1.165, 1.54) is 65.6 Å². The minimum atomic E-state index is -0.146. The summed E-state index contributed by atoms with van der Waals surface area (Å²) in [6.45, 7) is 13.2. The summed E-state index contributed by atoms with van der Waals surface area (Å²) in [5, 5.41) is 10.0. The molecule has 0 aliphatic heterocycles. The molecule has 0 unspecified atom stereocenters. The van der Waals surface area contributed by atoms with Gasteiger partial charge in [-0.05, 0) is 58.4 Å². The van der Waals surface area contributed by atoms with Crippen LogP contribution in [0.2, 0.25) is 0 Å². The van der Waals surface area contributed by atoms with Crippen molar-refractivity contribution in [1.29, 1.82) is 0 Å². The molecule has 0 amide bonds. The molecule has 1 fully saturated rings. The fourth-order valence-electron chi connectivity index (χ4n) is 8.72. The maximum atomic E-state index is 7.74. The molecule has 6 aromatic rings. The van der Waals surface area contributed by atoms with Crippen LogP contribution in [0.15, 0.2) is 97.1 Å². The SMILES string of the molecule is CCCN(CCC)c1c2ccccc2c(C2C(Cl)C(c3c4ccccc4c(N(CCC)CCC)c4ccccc34)C2Cl)c2ccccc12. The van der Waals surface area contributed by atoms with Crippen LogP contribution in [0.4, 0.5) is 11.4 Å². The van der Waals surface area contributed by atoms with Crippen LogP contribution in [0.1, 0.15) is 76.3 Å². The number of hydrogen-bond donors (Lipinski definition) is 0. The van der Waals surface area contributed by atoms with Gasteiger partial charge in [0.05, 0.1) is 22.1 Å². The van der Waals surface area contributed by atoms with Gasteiger partial charge < -0.3 is 9.80 Å². The van der Waals surface area contributed by atoms with Gasteiger partial charge in [0.15, 0.2) is 0 Å². The molecular weight excluding hydrogens is 627 g/mol. The van der Waals surface area contributed by atoms with Gasteiger partial charge in [-0.3, -0.25) is 0 Å². The molecule has 1 aliphatic carbocycles. The summed E-state index contributed by atoms with van der Waals surface area (Å²) in [4.78, 5) is 5.18. The molecule has 0 atom stereocenters. The van der Waals surface area contributed by atoms with Gasteiger partial charge in [-0.1, -0.05) is 125 Å². The van der Waals surface area contributed by atoms with Gasteiger partial charge in [0, 0.05) is 59.6 Å². The van der Waals surface area contributed by atoms with Crippen molar-refractivity contribution in [2.24, 2.45) is 0 Å². The van der Waals surface area contributed by atoms with Crippen molar-refractivity contribution in [3.05, 3.63) is 108 Å². The van der Waals surface area contributed by atoms with Crippen molar-refractivity contribution >= 4 is 77.7 Å². The Morgan fingerprint density at radius 2 is 0.625 bits per heavy atom. The van der Waals surface area contributed by atoms with Gasteiger partial charge in [0.25, 0.3) is 0 Å². The fraction of sp³-hybridized carbons (Fsp3) is 0.364. The van der Waals surface area contributed by atoms with E-state index in [4.69, 9.17) is 23.2 Å². The molecule has 6 aromatic carbocycles. The largest absolute Gasteiger partial charge is 0.371 e. The predicted molar refractivity (Wildman–Crippen MR) is 213 cm³/mol. The smallest absolute Gasteiger partial charge is 0.0525 e. The van der Waals surface area contributed by atoms with E-state index in [9.17, 15) is 0 Å². The number of fused-ring (bicyclic) bond motifs is 4. The van der Waals surface area contributed by atoms with Crippen LogP contribution in [-0.4, -0.2) is 36.9 Å². The van der Waals surface area contributed by atoms with Crippen LogP contribution in [0.5, 0.6) is 0 Å². The zero-order chi connectivity index (χ0) is 33.4. The number of anilines is 2. The first-order valence-electron chi connectivity index (χ1n) is 18.2. The number of rotatable bonds is 12. The van der Waals surface area contributed by atoms with Crippen LogP contribution in [0, 0.1) is 0 Å². The molecule has 2 nitrogen and oxygen atoms in total. The average molecular weight is 676 g/mol. The zero-order valence-corrected chi connectivity index (χ0v) is 30.4. The molecule has 0 heterocycles. The Labute approximate surface area is 296 Å². The molecule has 0 radical (unpaired) electrons. The molecule has 4 heteroatoms. The van der Waals surface area contributed by atoms with Gasteiger partial charge in [-0.15, -0.1) is 23.2 Å². The normalized spacial score (nSPS) is 19.3. The highest BCUT2D eigenvalue weighted by Crippen LogP contribution is 2.60. The van der Waals surface area contributed by atoms with E-state index < -0.39 is 0 Å². The van der Waals surface area contributed by atoms with Crippen LogP contribution in [0.3, 0.4) is 0 Å². The maximum absolute atomic E-state index is 7.74. The van der Waals surface area contributed by atoms with E-state index >= 15 is 0 Å². The highest BCUT2D eigenvalue weighted by Gasteiger charge is 2.52. The molecule has 248 valence electrons. The monoisotopic (exact) mass is 674 g/mol. The third kappa shape index (κ3) is 5.40. The Morgan fingerprint density at radius 3 is 0.854 bits per heavy atom. The Kier molecular flexibility index (Phi) is 9.77. The predicted octanol–water partition coefficient (Wildman–Crippen LogP) is 12.6. The number of halogens is 2. The molecule has 0 aromatic heterocycles. The highest BCUT2D eigenvalue weighted by atomic mass is 35.5. The van der Waals surface area contributed by atoms with E-state index in [0.717, 1.165) is 51.9 Å². The molecule has 0 saturated heterocycles. The molecule has 48 heavy (non-hydrogen) atoms. The topological polar surface area (TPSA) is 6.48 Å². The Balaban J connectivity index is 1.42. The first-order chi connectivity index (χ1) is 23.5. The summed E-state index contributed by atoms with van der Waals surface area (Å²) in [6, 6.07) is 35.8. The van der Waals surface area contributed by atoms with Crippen molar-refractivity contribution in [3.8, 4) is 0 Å². The van der Waals surface area contributed by atoms with E-state index in [1.54, 1.807) is 0 Å². The lowest BCUT2D eigenvalue weighted by molar-refractivity contribution is 0.378. The third-order valence-corrected chi connectivity index (χ3v) is 11.6. The zero-order valence-electron chi connectivity index (χ0n) is 28.9. The summed E-state index contributed by atoms with van der Waals surface area (Å²) in [5.41, 5.74) is 5.30. The second-order valence-electron chi connectivity index (χ2n) is 13.6. The molecule has 1 aliphatic rings. The van der Waals surface area contributed by atoms with Gasteiger partial charge in [-0.2, -0.15) is 0 Å². The molecule has 0 N–H and O–H groups in total. The van der Waals surface area contributed by atoms with Gasteiger partial charge in [0.2, 0.25) is 0 Å². The summed E-state index contributed by atoms with van der Waals surface area (Å²) in [5.74, 6) is 0.0312. The van der Waals surface area contributed by atoms with Gasteiger partial charge in [0.1, 0.15) is 0 Å². The molecule has 0 spiro atoms. The fourth-order valence-corrected chi connectivity index (χ4v) is 10.00. The number of hydrogen-bond acceptors (Lipinski definition) is 2. The Bertz CT molecular complexity index is 1790. The van der Waals surface area contributed by atoms with Crippen molar-refractivity contribution < 1.29 is 0 Å². The maximum Gasteiger partial charge on any atom is 0.0525 e. The van der Waals surface area contributed by atoms with Crippen molar-refractivity contribution in [3.63, 3.8) is 0 Å². The van der Waals surface area contributed by atoms with Gasteiger partial charge >= 0.3 is 0 Å². The van der Waals surface area contributed by atoms with Crippen molar-refractivity contribution in [1.82, 2.24) is 0 Å². The van der Waals surface area contributed by atoms with Crippen molar-refractivity contribution in [2.75, 3.05) is 36.0 Å². The third-order valence-electron chi connectivity index (χ3n) is 10.5. The summed E-state index contributed by atoms with van der Waals surface area (Å²) >= 11 is 15.5. The second-order valence-corrected chi connectivity index (χ2v) is 14.6. The lowest BCUT2D eigenvalue weighted by atomic mass is 9.64. The van der Waals surface area contributed by atoms with Crippen LogP contribution in [-0.2, 0) is 0 Å². The molecule has 0 bridgehead atoms.